The number of hydrogen-bond acceptors (Lipinski definition) is 1. The molecular weight excluding hydrogens is 548 g/mol. The fraction of sp³-hybridized carbons (Fsp3) is 0.0323. The summed E-state index contributed by atoms with van der Waals surface area (Å²) in [6.07, 6.45) is 0. The average Bonchev–Trinajstić information content (AvgIpc) is 3.26. The molecule has 0 bridgehead atoms. The van der Waals surface area contributed by atoms with Crippen LogP contribution >= 0.6 is 31.9 Å². The van der Waals surface area contributed by atoms with Gasteiger partial charge in [0.2, 0.25) is 0 Å². The molecule has 3 heteroatoms. The Balaban J connectivity index is 1.83. The van der Waals surface area contributed by atoms with Gasteiger partial charge in [-0.3, -0.25) is 0 Å². The molecule has 0 N–H and O–H groups in total. The highest BCUT2D eigenvalue weighted by Crippen LogP contribution is 2.56. The van der Waals surface area contributed by atoms with Crippen molar-refractivity contribution in [3.63, 3.8) is 0 Å². The average molecular weight is 566 g/mol. The van der Waals surface area contributed by atoms with Gasteiger partial charge < -0.3 is 4.42 Å². The van der Waals surface area contributed by atoms with Crippen molar-refractivity contribution in [2.24, 2.45) is 0 Å². The van der Waals surface area contributed by atoms with Crippen LogP contribution in [-0.2, 0) is 5.41 Å². The van der Waals surface area contributed by atoms with E-state index in [0.717, 1.165) is 30.9 Å². The van der Waals surface area contributed by atoms with Crippen molar-refractivity contribution < 1.29 is 4.42 Å². The second-order valence-electron chi connectivity index (χ2n) is 8.73. The standard InChI is InChI=1S/C31H18Br2O/c32-25-17-15-22-21-13-7-8-14-23(21)31(19-9-3-1-4-10-19,20-11-5-2-6-12-20)24-16-18-26(33)30-28(24)27(22)29(25)34-30/h1-18H. The lowest BCUT2D eigenvalue weighted by atomic mass is 9.64. The Morgan fingerprint density at radius 2 is 1.03 bits per heavy atom. The van der Waals surface area contributed by atoms with Gasteiger partial charge in [-0.05, 0) is 77.4 Å². The zero-order valence-corrected chi connectivity index (χ0v) is 21.2. The number of halogens is 2. The highest BCUT2D eigenvalue weighted by Gasteiger charge is 2.44. The zero-order chi connectivity index (χ0) is 22.9. The minimum absolute atomic E-state index is 0.514. The lowest BCUT2D eigenvalue weighted by molar-refractivity contribution is 0.663. The Labute approximate surface area is 214 Å². The summed E-state index contributed by atoms with van der Waals surface area (Å²) in [6, 6.07) is 39.3. The first-order valence-electron chi connectivity index (χ1n) is 11.3. The van der Waals surface area contributed by atoms with E-state index >= 15 is 0 Å². The third-order valence-corrected chi connectivity index (χ3v) is 8.36. The van der Waals surface area contributed by atoms with Gasteiger partial charge in [-0.1, -0.05) is 97.1 Å². The maximum absolute atomic E-state index is 6.56. The normalized spacial score (nSPS) is 13.8. The monoisotopic (exact) mass is 564 g/mol. The molecule has 1 aliphatic rings. The molecule has 0 spiro atoms. The first kappa shape index (κ1) is 20.3. The van der Waals surface area contributed by atoms with Crippen LogP contribution in [-0.4, -0.2) is 0 Å². The minimum Gasteiger partial charge on any atom is -0.454 e. The summed E-state index contributed by atoms with van der Waals surface area (Å²) in [7, 11) is 0. The van der Waals surface area contributed by atoms with E-state index in [9.17, 15) is 0 Å². The van der Waals surface area contributed by atoms with Crippen molar-refractivity contribution >= 4 is 53.8 Å². The van der Waals surface area contributed by atoms with Crippen LogP contribution in [0.5, 0.6) is 0 Å². The molecule has 0 amide bonds. The molecule has 0 radical (unpaired) electrons. The van der Waals surface area contributed by atoms with Crippen LogP contribution < -0.4 is 0 Å². The van der Waals surface area contributed by atoms with Crippen LogP contribution in [0.2, 0.25) is 0 Å². The maximum atomic E-state index is 6.56. The predicted octanol–water partition coefficient (Wildman–Crippen LogP) is 9.47. The van der Waals surface area contributed by atoms with Gasteiger partial charge in [-0.15, -0.1) is 0 Å². The van der Waals surface area contributed by atoms with E-state index < -0.39 is 5.41 Å². The molecule has 0 unspecified atom stereocenters. The van der Waals surface area contributed by atoms with E-state index in [1.165, 1.54) is 33.4 Å². The van der Waals surface area contributed by atoms with E-state index in [-0.39, 0.29) is 0 Å². The van der Waals surface area contributed by atoms with Gasteiger partial charge in [0.1, 0.15) is 11.2 Å². The molecular formula is C31H18Br2O. The molecule has 0 fully saturated rings. The molecule has 0 aliphatic heterocycles. The molecule has 1 aromatic heterocycles. The summed E-state index contributed by atoms with van der Waals surface area (Å²) in [6.45, 7) is 0. The van der Waals surface area contributed by atoms with Gasteiger partial charge >= 0.3 is 0 Å². The van der Waals surface area contributed by atoms with Crippen molar-refractivity contribution in [1.29, 1.82) is 0 Å². The molecule has 1 heterocycles. The van der Waals surface area contributed by atoms with Gasteiger partial charge in [-0.2, -0.15) is 0 Å². The summed E-state index contributed by atoms with van der Waals surface area (Å²) >= 11 is 7.54. The van der Waals surface area contributed by atoms with Gasteiger partial charge in [0.05, 0.1) is 14.4 Å². The quantitative estimate of drug-likeness (QED) is 0.203. The Hall–Kier alpha value is -3.14. The largest absolute Gasteiger partial charge is 0.454 e. The molecule has 7 rings (SSSR count). The summed E-state index contributed by atoms with van der Waals surface area (Å²) in [5, 5.41) is 2.31. The fourth-order valence-corrected chi connectivity index (χ4v) is 6.63. The molecule has 0 saturated heterocycles. The summed E-state index contributed by atoms with van der Waals surface area (Å²) in [4.78, 5) is 0. The van der Waals surface area contributed by atoms with Crippen LogP contribution in [0.15, 0.2) is 123 Å². The Morgan fingerprint density at radius 3 is 1.71 bits per heavy atom. The second kappa shape index (κ2) is 7.43. The molecule has 1 aliphatic carbocycles. The number of benzene rings is 5. The smallest absolute Gasteiger partial charge is 0.150 e. The molecule has 5 aromatic carbocycles. The van der Waals surface area contributed by atoms with E-state index in [4.69, 9.17) is 4.42 Å². The Morgan fingerprint density at radius 1 is 0.471 bits per heavy atom. The summed E-state index contributed by atoms with van der Waals surface area (Å²) < 4.78 is 8.48. The predicted molar refractivity (Wildman–Crippen MR) is 146 cm³/mol. The summed E-state index contributed by atoms with van der Waals surface area (Å²) in [5.41, 5.74) is 8.64. The first-order chi connectivity index (χ1) is 16.7. The van der Waals surface area contributed by atoms with Crippen molar-refractivity contribution in [2.75, 3.05) is 0 Å². The Kier molecular flexibility index (Phi) is 4.42. The lowest BCUT2D eigenvalue weighted by Crippen LogP contribution is -2.31. The SMILES string of the molecule is Brc1ccc2c3c1oc1c(Br)ccc(c13)C(c1ccccc1)(c1ccccc1)c1ccccc1-2. The highest BCUT2D eigenvalue weighted by atomic mass is 79.9. The Bertz CT molecular complexity index is 1680. The number of furan rings is 1. The van der Waals surface area contributed by atoms with Gasteiger partial charge in [0, 0.05) is 10.8 Å². The van der Waals surface area contributed by atoms with Crippen molar-refractivity contribution in [3.05, 3.63) is 140 Å². The van der Waals surface area contributed by atoms with Gasteiger partial charge in [0.25, 0.3) is 0 Å². The van der Waals surface area contributed by atoms with E-state index in [1.54, 1.807) is 0 Å². The summed E-state index contributed by atoms with van der Waals surface area (Å²) in [5.74, 6) is 0. The number of fused-ring (bicyclic) bond motifs is 2. The number of rotatable bonds is 2. The van der Waals surface area contributed by atoms with Gasteiger partial charge in [0.15, 0.2) is 0 Å². The third-order valence-electron chi connectivity index (χ3n) is 7.11. The van der Waals surface area contributed by atoms with Crippen LogP contribution in [0.1, 0.15) is 22.3 Å². The lowest BCUT2D eigenvalue weighted by Gasteiger charge is -2.37. The topological polar surface area (TPSA) is 13.1 Å². The van der Waals surface area contributed by atoms with Crippen molar-refractivity contribution in [2.45, 2.75) is 5.41 Å². The highest BCUT2D eigenvalue weighted by molar-refractivity contribution is 9.11. The fourth-order valence-electron chi connectivity index (χ4n) is 5.80. The molecule has 162 valence electrons. The van der Waals surface area contributed by atoms with Crippen molar-refractivity contribution in [1.82, 2.24) is 0 Å². The molecule has 34 heavy (non-hydrogen) atoms. The van der Waals surface area contributed by atoms with Crippen LogP contribution in [0.3, 0.4) is 0 Å². The maximum Gasteiger partial charge on any atom is 0.150 e. The molecule has 1 nitrogen and oxygen atoms in total. The van der Waals surface area contributed by atoms with Crippen LogP contribution in [0.25, 0.3) is 33.1 Å². The van der Waals surface area contributed by atoms with E-state index in [2.05, 4.69) is 141 Å². The van der Waals surface area contributed by atoms with E-state index in [0.29, 0.717) is 0 Å². The molecule has 0 atom stereocenters. The molecule has 6 aromatic rings. The second-order valence-corrected chi connectivity index (χ2v) is 10.4. The first-order valence-corrected chi connectivity index (χ1v) is 12.8. The zero-order valence-electron chi connectivity index (χ0n) is 18.1. The van der Waals surface area contributed by atoms with Gasteiger partial charge in [-0.25, -0.2) is 0 Å². The van der Waals surface area contributed by atoms with E-state index in [1.807, 2.05) is 0 Å². The van der Waals surface area contributed by atoms with Crippen LogP contribution in [0, 0.1) is 0 Å². The van der Waals surface area contributed by atoms with Crippen LogP contribution in [0.4, 0.5) is 0 Å². The third kappa shape index (κ3) is 2.54. The minimum atomic E-state index is -0.514. The molecule has 0 saturated carbocycles. The number of hydrogen-bond donors (Lipinski definition) is 0. The van der Waals surface area contributed by atoms with Crippen molar-refractivity contribution in [3.8, 4) is 11.1 Å².